The Kier molecular flexibility index (Phi) is 8.89. The van der Waals surface area contributed by atoms with Crippen molar-refractivity contribution in [1.29, 1.82) is 0 Å². The first-order chi connectivity index (χ1) is 11.8. The van der Waals surface area contributed by atoms with Crippen LogP contribution in [-0.2, 0) is 16.1 Å². The summed E-state index contributed by atoms with van der Waals surface area (Å²) < 4.78 is 6.57. The molecule has 2 heterocycles. The fraction of sp³-hybridized carbons (Fsp3) is 0.722. The summed E-state index contributed by atoms with van der Waals surface area (Å²) in [5.74, 6) is 0.0762. The fourth-order valence-corrected chi connectivity index (χ4v) is 4.98. The Labute approximate surface area is 183 Å². The van der Waals surface area contributed by atoms with Gasteiger partial charge in [0.1, 0.15) is 5.54 Å². The molecule has 1 saturated heterocycles. The van der Waals surface area contributed by atoms with E-state index in [1.165, 1.54) is 4.88 Å². The maximum Gasteiger partial charge on any atom is 0.243 e. The smallest absolute Gasteiger partial charge is 0.243 e. The molecule has 0 radical (unpaired) electrons. The van der Waals surface area contributed by atoms with Crippen molar-refractivity contribution in [3.05, 3.63) is 21.3 Å². The van der Waals surface area contributed by atoms with E-state index in [1.807, 2.05) is 31.7 Å². The SMILES string of the molecule is CCOC1CC(N)(C(=O)N2CCN(Cc3ccc(Cl)s3)CC2)C1(C)C.Cl.Cl. The van der Waals surface area contributed by atoms with Gasteiger partial charge in [-0.2, -0.15) is 0 Å². The largest absolute Gasteiger partial charge is 0.378 e. The summed E-state index contributed by atoms with van der Waals surface area (Å²) in [7, 11) is 0. The van der Waals surface area contributed by atoms with Gasteiger partial charge in [-0.15, -0.1) is 36.2 Å². The first kappa shape index (κ1) is 25.0. The molecule has 0 spiro atoms. The lowest BCUT2D eigenvalue weighted by Gasteiger charge is -2.59. The number of amides is 1. The Balaban J connectivity index is 0.00000182. The van der Waals surface area contributed by atoms with E-state index in [-0.39, 0.29) is 42.2 Å². The van der Waals surface area contributed by atoms with Gasteiger partial charge in [-0.25, -0.2) is 0 Å². The average molecular weight is 459 g/mol. The van der Waals surface area contributed by atoms with E-state index in [0.717, 1.165) is 37.1 Å². The van der Waals surface area contributed by atoms with E-state index in [1.54, 1.807) is 11.3 Å². The number of hydrogen-bond acceptors (Lipinski definition) is 5. The van der Waals surface area contributed by atoms with Crippen LogP contribution in [0.15, 0.2) is 12.1 Å². The molecule has 1 aromatic heterocycles. The van der Waals surface area contributed by atoms with Crippen LogP contribution in [0.1, 0.15) is 32.1 Å². The molecule has 2 unspecified atom stereocenters. The number of nitrogens with zero attached hydrogens (tertiary/aromatic N) is 2. The van der Waals surface area contributed by atoms with Crippen molar-refractivity contribution in [2.24, 2.45) is 11.1 Å². The van der Waals surface area contributed by atoms with Gasteiger partial charge in [0.25, 0.3) is 0 Å². The zero-order chi connectivity index (χ0) is 18.2. The van der Waals surface area contributed by atoms with Crippen LogP contribution in [0.2, 0.25) is 4.34 Å². The standard InChI is InChI=1S/C18H28ClN3O2S.2ClH/c1-4-24-14-11-18(20,17(14,2)3)16(23)22-9-7-21(8-10-22)12-13-5-6-15(19)25-13;;/h5-6,14H,4,7-12,20H2,1-3H3;2*1H. The van der Waals surface area contributed by atoms with Crippen molar-refractivity contribution in [3.8, 4) is 0 Å². The quantitative estimate of drug-likeness (QED) is 0.734. The molecule has 1 saturated carbocycles. The van der Waals surface area contributed by atoms with E-state index >= 15 is 0 Å². The summed E-state index contributed by atoms with van der Waals surface area (Å²) in [6.45, 7) is 10.8. The van der Waals surface area contributed by atoms with Gasteiger partial charge in [0.05, 0.1) is 10.4 Å². The summed E-state index contributed by atoms with van der Waals surface area (Å²) in [6.07, 6.45) is 0.678. The lowest BCUT2D eigenvalue weighted by Crippen LogP contribution is -2.76. The Bertz CT molecular complexity index is 635. The molecule has 0 bridgehead atoms. The number of rotatable bonds is 5. The minimum atomic E-state index is -0.809. The topological polar surface area (TPSA) is 58.8 Å². The van der Waals surface area contributed by atoms with Crippen molar-refractivity contribution in [2.75, 3.05) is 32.8 Å². The Morgan fingerprint density at radius 3 is 2.41 bits per heavy atom. The maximum absolute atomic E-state index is 13.0. The molecule has 9 heteroatoms. The normalized spacial score (nSPS) is 27.3. The van der Waals surface area contributed by atoms with Gasteiger partial charge in [0.2, 0.25) is 5.91 Å². The van der Waals surface area contributed by atoms with Crippen molar-refractivity contribution in [1.82, 2.24) is 9.80 Å². The second-order valence-electron chi connectivity index (χ2n) is 7.62. The highest BCUT2D eigenvalue weighted by Gasteiger charge is 2.63. The number of ether oxygens (including phenoxy) is 1. The molecule has 1 aliphatic heterocycles. The molecule has 2 atom stereocenters. The molecule has 1 amide bonds. The Hall–Kier alpha value is -0.0800. The molecular weight excluding hydrogens is 429 g/mol. The molecule has 2 fully saturated rings. The second kappa shape index (κ2) is 9.61. The van der Waals surface area contributed by atoms with Crippen LogP contribution < -0.4 is 5.73 Å². The van der Waals surface area contributed by atoms with Gasteiger partial charge in [0.15, 0.2) is 0 Å². The van der Waals surface area contributed by atoms with Crippen LogP contribution in [0.5, 0.6) is 0 Å². The van der Waals surface area contributed by atoms with Gasteiger partial charge in [-0.05, 0) is 19.1 Å². The molecule has 2 aliphatic rings. The maximum atomic E-state index is 13.0. The van der Waals surface area contributed by atoms with Crippen LogP contribution >= 0.6 is 47.8 Å². The van der Waals surface area contributed by atoms with Gasteiger partial charge < -0.3 is 15.4 Å². The fourth-order valence-electron chi connectivity index (χ4n) is 3.85. The molecule has 3 rings (SSSR count). The van der Waals surface area contributed by atoms with Crippen molar-refractivity contribution in [3.63, 3.8) is 0 Å². The number of carbonyl (C=O) groups is 1. The predicted molar refractivity (Wildman–Crippen MR) is 116 cm³/mol. The van der Waals surface area contributed by atoms with E-state index in [0.29, 0.717) is 13.0 Å². The number of carbonyl (C=O) groups excluding carboxylic acids is 1. The van der Waals surface area contributed by atoms with Crippen LogP contribution in [-0.4, -0.2) is 60.1 Å². The van der Waals surface area contributed by atoms with Crippen LogP contribution in [0.25, 0.3) is 0 Å². The van der Waals surface area contributed by atoms with Crippen LogP contribution in [0, 0.1) is 5.41 Å². The van der Waals surface area contributed by atoms with E-state index in [9.17, 15) is 4.79 Å². The second-order valence-corrected chi connectivity index (χ2v) is 9.41. The molecule has 27 heavy (non-hydrogen) atoms. The predicted octanol–water partition coefficient (Wildman–Crippen LogP) is 3.42. The number of thiophene rings is 1. The lowest BCUT2D eigenvalue weighted by atomic mass is 9.54. The lowest BCUT2D eigenvalue weighted by molar-refractivity contribution is -0.180. The van der Waals surface area contributed by atoms with Crippen LogP contribution in [0.3, 0.4) is 0 Å². The third kappa shape index (κ3) is 4.74. The monoisotopic (exact) mass is 457 g/mol. The Morgan fingerprint density at radius 1 is 1.30 bits per heavy atom. The van der Waals surface area contributed by atoms with E-state index in [4.69, 9.17) is 22.1 Å². The van der Waals surface area contributed by atoms with E-state index in [2.05, 4.69) is 11.0 Å². The molecule has 0 aromatic carbocycles. The zero-order valence-corrected chi connectivity index (χ0v) is 19.3. The summed E-state index contributed by atoms with van der Waals surface area (Å²) in [4.78, 5) is 18.6. The summed E-state index contributed by atoms with van der Waals surface area (Å²) in [6, 6.07) is 4.01. The molecule has 156 valence electrons. The number of halogens is 3. The zero-order valence-electron chi connectivity index (χ0n) is 16.1. The first-order valence-electron chi connectivity index (χ1n) is 8.94. The first-order valence-corrected chi connectivity index (χ1v) is 10.1. The van der Waals surface area contributed by atoms with Crippen molar-refractivity contribution in [2.45, 2.75) is 45.4 Å². The molecule has 1 aliphatic carbocycles. The van der Waals surface area contributed by atoms with Crippen LogP contribution in [0.4, 0.5) is 0 Å². The summed E-state index contributed by atoms with van der Waals surface area (Å²) in [5, 5.41) is 0. The third-order valence-corrected chi connectivity index (χ3v) is 7.10. The van der Waals surface area contributed by atoms with Gasteiger partial charge >= 0.3 is 0 Å². The molecular formula is C18H30Cl3N3O2S. The highest BCUT2D eigenvalue weighted by Crippen LogP contribution is 2.50. The third-order valence-electron chi connectivity index (χ3n) is 5.88. The number of piperazine rings is 1. The van der Waals surface area contributed by atoms with Gasteiger partial charge in [-0.1, -0.05) is 25.4 Å². The highest BCUT2D eigenvalue weighted by molar-refractivity contribution is 7.16. The molecule has 5 nitrogen and oxygen atoms in total. The Morgan fingerprint density at radius 2 is 1.93 bits per heavy atom. The van der Waals surface area contributed by atoms with Crippen molar-refractivity contribution < 1.29 is 9.53 Å². The highest BCUT2D eigenvalue weighted by atomic mass is 35.5. The van der Waals surface area contributed by atoms with Gasteiger partial charge in [0, 0.05) is 56.0 Å². The van der Waals surface area contributed by atoms with E-state index < -0.39 is 5.54 Å². The number of hydrogen-bond donors (Lipinski definition) is 1. The summed E-state index contributed by atoms with van der Waals surface area (Å²) in [5.41, 5.74) is 5.40. The minimum Gasteiger partial charge on any atom is -0.378 e. The number of nitrogens with two attached hydrogens (primary N) is 1. The molecule has 2 N–H and O–H groups in total. The average Bonchev–Trinajstić information content (AvgIpc) is 2.99. The van der Waals surface area contributed by atoms with Crippen molar-refractivity contribution >= 4 is 53.7 Å². The van der Waals surface area contributed by atoms with Gasteiger partial charge in [-0.3, -0.25) is 9.69 Å². The summed E-state index contributed by atoms with van der Waals surface area (Å²) >= 11 is 7.62. The molecule has 1 aromatic rings. The minimum absolute atomic E-state index is 0.